The van der Waals surface area contributed by atoms with Gasteiger partial charge in [-0.3, -0.25) is 14.5 Å². The second-order valence-electron chi connectivity index (χ2n) is 9.82. The number of nitrogens with one attached hydrogen (secondary N) is 1. The van der Waals surface area contributed by atoms with Gasteiger partial charge >= 0.3 is 0 Å². The molecule has 2 fully saturated rings. The van der Waals surface area contributed by atoms with E-state index in [2.05, 4.69) is 25.4 Å². The highest BCUT2D eigenvalue weighted by Crippen LogP contribution is 2.41. The van der Waals surface area contributed by atoms with Crippen LogP contribution in [0.4, 0.5) is 26.3 Å². The van der Waals surface area contributed by atoms with Crippen molar-refractivity contribution in [2.24, 2.45) is 4.99 Å². The third-order valence-electron chi connectivity index (χ3n) is 7.23. The molecule has 1 aromatic carbocycles. The van der Waals surface area contributed by atoms with Crippen LogP contribution in [-0.2, 0) is 6.54 Å². The van der Waals surface area contributed by atoms with Gasteiger partial charge in [0.25, 0.3) is 12.3 Å². The molecule has 0 radical (unpaired) electrons. The van der Waals surface area contributed by atoms with Crippen molar-refractivity contribution in [3.63, 3.8) is 0 Å². The Labute approximate surface area is 218 Å². The van der Waals surface area contributed by atoms with Gasteiger partial charge in [-0.25, -0.2) is 36.0 Å². The van der Waals surface area contributed by atoms with Crippen molar-refractivity contribution in [2.45, 2.75) is 56.4 Å². The Bertz CT molecular complexity index is 1640. The lowest BCUT2D eigenvalue weighted by molar-refractivity contribution is -0.131. The van der Waals surface area contributed by atoms with Crippen molar-refractivity contribution in [2.75, 3.05) is 20.2 Å². The summed E-state index contributed by atoms with van der Waals surface area (Å²) in [6.45, 7) is -0.353. The topological polar surface area (TPSA) is 88.6 Å². The highest BCUT2D eigenvalue weighted by atomic mass is 19.3. The minimum absolute atomic E-state index is 0.0419. The number of likely N-dealkylation sites (tertiary alicyclic amines) is 1. The van der Waals surface area contributed by atoms with Gasteiger partial charge in [-0.15, -0.1) is 5.10 Å². The number of aromatic amines is 1. The fraction of sp³-hybridized carbons (Fsp3) is 0.500. The predicted molar refractivity (Wildman–Crippen MR) is 127 cm³/mol. The number of ether oxygens (including phenoxy) is 1. The quantitative estimate of drug-likeness (QED) is 0.368. The fourth-order valence-electron chi connectivity index (χ4n) is 5.27. The number of hydrogen-bond acceptors (Lipinski definition) is 6. The first-order valence-corrected chi connectivity index (χ1v) is 12.3. The maximum Gasteiger partial charge on any atom is 0.258 e. The van der Waals surface area contributed by atoms with Crippen LogP contribution in [0.2, 0.25) is 0 Å². The number of hydrogen-bond donors (Lipinski definition) is 1. The molecule has 208 valence electrons. The zero-order valence-corrected chi connectivity index (χ0v) is 20.6. The van der Waals surface area contributed by atoms with E-state index in [1.807, 2.05) is 0 Å². The first kappa shape index (κ1) is 24.4. The average Bonchev–Trinajstić information content (AvgIpc) is 3.40. The molecule has 0 unspecified atom stereocenters. The number of rotatable bonds is 6. The van der Waals surface area contributed by atoms with E-state index >= 15 is 8.78 Å². The van der Waals surface area contributed by atoms with Crippen LogP contribution < -0.4 is 10.4 Å². The Hall–Kier alpha value is -3.62. The van der Waals surface area contributed by atoms with Crippen LogP contribution >= 0.6 is 0 Å². The molecule has 0 spiro atoms. The highest BCUT2D eigenvalue weighted by molar-refractivity contribution is 5.89. The van der Waals surface area contributed by atoms with Crippen molar-refractivity contribution in [3.05, 3.63) is 35.8 Å². The number of halogens is 6. The molecular formula is C24H24F6N8O. The van der Waals surface area contributed by atoms with E-state index in [9.17, 15) is 17.6 Å². The molecule has 9 nitrogen and oxygen atoms in total. The first-order chi connectivity index (χ1) is 19.0. The standard InChI is InChI=1S/C24H24F6N8O/c1-39-22-21-20(12-2-3-17-18(6-12)37(35-33-17)11-19(27)28)15(26)10-38(21)34-23(32-22)31-16-4-5-36(9-14(16)25)13-7-24(29,30)8-13/h2-3,6,10,13-14,16,19H,4-5,7-9,11H2,1H3,(H,31,34)/t14-,16+/m1/s1/i10D. The molecule has 2 atom stereocenters. The molecule has 2 aliphatic rings. The summed E-state index contributed by atoms with van der Waals surface area (Å²) in [6.07, 6.45) is -5.00. The summed E-state index contributed by atoms with van der Waals surface area (Å²) in [7, 11) is 1.29. The van der Waals surface area contributed by atoms with E-state index in [0.29, 0.717) is 12.1 Å². The Morgan fingerprint density at radius 1 is 1.31 bits per heavy atom. The van der Waals surface area contributed by atoms with Crippen LogP contribution in [0.5, 0.6) is 5.88 Å². The molecule has 1 aliphatic carbocycles. The summed E-state index contributed by atoms with van der Waals surface area (Å²) < 4.78 is 98.8. The minimum Gasteiger partial charge on any atom is -0.479 e. The SMILES string of the molecule is [2H]c1c(F)c(-c2ccc3nnn(CC(F)F)c3c2)c2c(OC)nc(=N[C@H]3CCN(C4CC(F)(F)C4)C[C@H]3F)[nH]n12. The van der Waals surface area contributed by atoms with E-state index in [1.54, 1.807) is 4.90 Å². The van der Waals surface area contributed by atoms with E-state index in [4.69, 9.17) is 6.11 Å². The second-order valence-corrected chi connectivity index (χ2v) is 9.82. The molecule has 1 saturated carbocycles. The van der Waals surface area contributed by atoms with Crippen LogP contribution in [0.1, 0.15) is 20.6 Å². The molecule has 6 rings (SSSR count). The maximum absolute atomic E-state index is 15.5. The van der Waals surface area contributed by atoms with Crippen molar-refractivity contribution >= 4 is 16.6 Å². The normalized spacial score (nSPS) is 23.1. The Morgan fingerprint density at radius 2 is 2.10 bits per heavy atom. The molecule has 1 N–H and O–H groups in total. The number of H-pyrrole nitrogens is 1. The summed E-state index contributed by atoms with van der Waals surface area (Å²) in [5, 5.41) is 10.3. The van der Waals surface area contributed by atoms with Gasteiger partial charge in [-0.05, 0) is 24.1 Å². The Morgan fingerprint density at radius 3 is 2.79 bits per heavy atom. The smallest absolute Gasteiger partial charge is 0.258 e. The lowest BCUT2D eigenvalue weighted by Crippen LogP contribution is -2.56. The summed E-state index contributed by atoms with van der Waals surface area (Å²) in [5.41, 5.74) is 0.693. The monoisotopic (exact) mass is 555 g/mol. The van der Waals surface area contributed by atoms with E-state index < -0.39 is 43.1 Å². The number of fused-ring (bicyclic) bond motifs is 2. The van der Waals surface area contributed by atoms with Crippen molar-refractivity contribution in [1.82, 2.24) is 34.5 Å². The number of nitrogens with zero attached hydrogens (tertiary/aromatic N) is 7. The largest absolute Gasteiger partial charge is 0.479 e. The van der Waals surface area contributed by atoms with Crippen LogP contribution in [0.15, 0.2) is 29.4 Å². The average molecular weight is 556 g/mol. The summed E-state index contributed by atoms with van der Waals surface area (Å²) in [6, 6.07) is 3.26. The fourth-order valence-corrected chi connectivity index (χ4v) is 5.27. The number of piperidine rings is 1. The van der Waals surface area contributed by atoms with E-state index in [0.717, 1.165) is 9.20 Å². The summed E-state index contributed by atoms with van der Waals surface area (Å²) in [4.78, 5) is 10.3. The van der Waals surface area contributed by atoms with Crippen molar-refractivity contribution in [1.29, 1.82) is 0 Å². The van der Waals surface area contributed by atoms with Crippen LogP contribution in [0, 0.1) is 5.82 Å². The zero-order chi connectivity index (χ0) is 28.3. The molecule has 15 heteroatoms. The van der Waals surface area contributed by atoms with Gasteiger partial charge in [-0.2, -0.15) is 4.98 Å². The minimum atomic E-state index is -2.70. The molecule has 1 saturated heterocycles. The van der Waals surface area contributed by atoms with Gasteiger partial charge < -0.3 is 4.74 Å². The Kier molecular flexibility index (Phi) is 5.97. The molecule has 4 aromatic rings. The van der Waals surface area contributed by atoms with Gasteiger partial charge in [-0.1, -0.05) is 11.3 Å². The number of alkyl halides is 5. The molecular weight excluding hydrogens is 530 g/mol. The van der Waals surface area contributed by atoms with Gasteiger partial charge in [0.05, 0.1) is 31.8 Å². The van der Waals surface area contributed by atoms with Gasteiger partial charge in [0, 0.05) is 32.0 Å². The first-order valence-electron chi connectivity index (χ1n) is 12.8. The molecule has 0 amide bonds. The van der Waals surface area contributed by atoms with Crippen molar-refractivity contribution in [3.8, 4) is 17.0 Å². The van der Waals surface area contributed by atoms with Gasteiger partial charge in [0.1, 0.15) is 23.7 Å². The molecule has 3 aromatic heterocycles. The van der Waals surface area contributed by atoms with E-state index in [1.165, 1.54) is 25.3 Å². The van der Waals surface area contributed by atoms with Gasteiger partial charge in [0.15, 0.2) is 5.82 Å². The number of aromatic nitrogens is 6. The molecule has 1 aliphatic heterocycles. The Balaban J connectivity index is 1.36. The molecule has 0 bridgehead atoms. The maximum atomic E-state index is 15.5. The van der Waals surface area contributed by atoms with Crippen LogP contribution in [-0.4, -0.2) is 85.3 Å². The third kappa shape index (κ3) is 4.72. The lowest BCUT2D eigenvalue weighted by atomic mass is 9.85. The second kappa shape index (κ2) is 9.54. The predicted octanol–water partition coefficient (Wildman–Crippen LogP) is 3.60. The zero-order valence-electron chi connectivity index (χ0n) is 21.6. The highest BCUT2D eigenvalue weighted by Gasteiger charge is 2.49. The van der Waals surface area contributed by atoms with Crippen LogP contribution in [0.25, 0.3) is 27.7 Å². The summed E-state index contributed by atoms with van der Waals surface area (Å²) in [5.74, 6) is -3.74. The van der Waals surface area contributed by atoms with Crippen molar-refractivity contribution < 1.29 is 32.5 Å². The van der Waals surface area contributed by atoms with Crippen LogP contribution in [0.3, 0.4) is 0 Å². The number of benzene rings is 1. The summed E-state index contributed by atoms with van der Waals surface area (Å²) >= 11 is 0. The van der Waals surface area contributed by atoms with Gasteiger partial charge in [0.2, 0.25) is 11.5 Å². The molecule has 4 heterocycles. The number of methoxy groups -OCH3 is 1. The third-order valence-corrected chi connectivity index (χ3v) is 7.23. The molecule has 39 heavy (non-hydrogen) atoms. The lowest BCUT2D eigenvalue weighted by Gasteiger charge is -2.45. The van der Waals surface area contributed by atoms with E-state index in [-0.39, 0.29) is 65.5 Å².